The van der Waals surface area contributed by atoms with Crippen LogP contribution in [-0.2, 0) is 12.6 Å². The van der Waals surface area contributed by atoms with Crippen LogP contribution in [0.1, 0.15) is 33.9 Å². The Hall–Kier alpha value is -1.81. The number of hydrogen-bond donors (Lipinski definition) is 1. The maximum atomic E-state index is 12.5. The van der Waals surface area contributed by atoms with Gasteiger partial charge in [-0.2, -0.15) is 13.2 Å². The van der Waals surface area contributed by atoms with Crippen molar-refractivity contribution in [3.63, 3.8) is 0 Å². The van der Waals surface area contributed by atoms with Gasteiger partial charge in [0.15, 0.2) is 0 Å². The van der Waals surface area contributed by atoms with Crippen LogP contribution in [0.15, 0.2) is 42.5 Å². The van der Waals surface area contributed by atoms with E-state index in [1.165, 1.54) is 12.1 Å². The Morgan fingerprint density at radius 2 is 1.62 bits per heavy atom. The van der Waals surface area contributed by atoms with Crippen molar-refractivity contribution in [2.24, 2.45) is 5.73 Å². The molecule has 0 radical (unpaired) electrons. The molecule has 1 atom stereocenters. The molecule has 0 aliphatic rings. The summed E-state index contributed by atoms with van der Waals surface area (Å²) >= 11 is 0. The molecule has 1 nitrogen and oxygen atoms in total. The van der Waals surface area contributed by atoms with Gasteiger partial charge in [0.1, 0.15) is 0 Å². The molecule has 0 bridgehead atoms. The van der Waals surface area contributed by atoms with Crippen LogP contribution in [0, 0.1) is 13.8 Å². The molecule has 0 saturated carbocycles. The standard InChI is InChI=1S/C17H18F3N/c1-11-3-4-12(2)15(9-11)16(21)10-13-5-7-14(8-6-13)17(18,19)20/h3-9,16H,10,21H2,1-2H3. The molecule has 2 rings (SSSR count). The number of halogens is 3. The third-order valence-electron chi connectivity index (χ3n) is 3.57. The number of rotatable bonds is 3. The minimum Gasteiger partial charge on any atom is -0.324 e. The first-order valence-electron chi connectivity index (χ1n) is 6.76. The highest BCUT2D eigenvalue weighted by Gasteiger charge is 2.29. The van der Waals surface area contributed by atoms with Crippen molar-refractivity contribution in [3.05, 3.63) is 70.3 Å². The molecule has 0 amide bonds. The summed E-state index contributed by atoms with van der Waals surface area (Å²) in [6, 6.07) is 11.0. The molecule has 2 N–H and O–H groups in total. The highest BCUT2D eigenvalue weighted by atomic mass is 19.4. The molecule has 0 spiro atoms. The smallest absolute Gasteiger partial charge is 0.324 e. The summed E-state index contributed by atoms with van der Waals surface area (Å²) in [6.07, 6.45) is -3.78. The van der Waals surface area contributed by atoms with E-state index in [1.807, 2.05) is 32.0 Å². The molecular formula is C17H18F3N. The highest BCUT2D eigenvalue weighted by molar-refractivity contribution is 5.34. The summed E-state index contributed by atoms with van der Waals surface area (Å²) in [5.74, 6) is 0. The molecule has 0 saturated heterocycles. The lowest BCUT2D eigenvalue weighted by Crippen LogP contribution is -2.15. The first-order chi connectivity index (χ1) is 9.77. The molecule has 112 valence electrons. The summed E-state index contributed by atoms with van der Waals surface area (Å²) < 4.78 is 37.6. The van der Waals surface area contributed by atoms with Gasteiger partial charge < -0.3 is 5.73 Å². The van der Waals surface area contributed by atoms with Gasteiger partial charge in [-0.15, -0.1) is 0 Å². The zero-order chi connectivity index (χ0) is 15.6. The fourth-order valence-corrected chi connectivity index (χ4v) is 2.35. The van der Waals surface area contributed by atoms with E-state index in [4.69, 9.17) is 5.73 Å². The summed E-state index contributed by atoms with van der Waals surface area (Å²) in [6.45, 7) is 3.98. The van der Waals surface area contributed by atoms with E-state index < -0.39 is 11.7 Å². The second-order valence-corrected chi connectivity index (χ2v) is 5.37. The van der Waals surface area contributed by atoms with Crippen LogP contribution in [0.2, 0.25) is 0 Å². The van der Waals surface area contributed by atoms with E-state index >= 15 is 0 Å². The molecule has 4 heteroatoms. The van der Waals surface area contributed by atoms with Crippen molar-refractivity contribution in [2.75, 3.05) is 0 Å². The Kier molecular flexibility index (Phi) is 4.37. The molecule has 2 aromatic rings. The van der Waals surface area contributed by atoms with Gasteiger partial charge in [-0.3, -0.25) is 0 Å². The molecule has 0 heterocycles. The summed E-state index contributed by atoms with van der Waals surface area (Å²) in [5.41, 5.74) is 9.63. The number of hydrogen-bond acceptors (Lipinski definition) is 1. The van der Waals surface area contributed by atoms with E-state index in [0.717, 1.165) is 34.4 Å². The Morgan fingerprint density at radius 3 is 2.19 bits per heavy atom. The molecule has 0 aromatic heterocycles. The minimum atomic E-state index is -4.30. The number of nitrogens with two attached hydrogens (primary N) is 1. The van der Waals surface area contributed by atoms with Crippen molar-refractivity contribution in [1.29, 1.82) is 0 Å². The maximum Gasteiger partial charge on any atom is 0.416 e. The quantitative estimate of drug-likeness (QED) is 0.881. The van der Waals surface area contributed by atoms with Crippen LogP contribution in [0.3, 0.4) is 0 Å². The molecule has 21 heavy (non-hydrogen) atoms. The van der Waals surface area contributed by atoms with Crippen LogP contribution >= 0.6 is 0 Å². The fourth-order valence-electron chi connectivity index (χ4n) is 2.35. The highest BCUT2D eigenvalue weighted by Crippen LogP contribution is 2.29. The van der Waals surface area contributed by atoms with Gasteiger partial charge in [-0.05, 0) is 49.1 Å². The van der Waals surface area contributed by atoms with Gasteiger partial charge in [0.2, 0.25) is 0 Å². The lowest BCUT2D eigenvalue weighted by atomic mass is 9.94. The van der Waals surface area contributed by atoms with Gasteiger partial charge in [0.25, 0.3) is 0 Å². The number of aryl methyl sites for hydroxylation is 2. The van der Waals surface area contributed by atoms with Crippen molar-refractivity contribution in [3.8, 4) is 0 Å². The van der Waals surface area contributed by atoms with Crippen molar-refractivity contribution < 1.29 is 13.2 Å². The Balaban J connectivity index is 2.16. The normalized spacial score (nSPS) is 13.2. The Bertz CT molecular complexity index is 615. The zero-order valence-electron chi connectivity index (χ0n) is 12.0. The maximum absolute atomic E-state index is 12.5. The topological polar surface area (TPSA) is 26.0 Å². The van der Waals surface area contributed by atoms with Gasteiger partial charge in [0, 0.05) is 6.04 Å². The van der Waals surface area contributed by atoms with Crippen LogP contribution in [0.5, 0.6) is 0 Å². The fraction of sp³-hybridized carbons (Fsp3) is 0.294. The SMILES string of the molecule is Cc1ccc(C)c(C(N)Cc2ccc(C(F)(F)F)cc2)c1. The predicted octanol–water partition coefficient (Wildman–Crippen LogP) is 4.56. The third kappa shape index (κ3) is 3.85. The van der Waals surface area contributed by atoms with E-state index in [1.54, 1.807) is 0 Å². The van der Waals surface area contributed by atoms with Gasteiger partial charge in [-0.1, -0.05) is 35.9 Å². The monoisotopic (exact) mass is 293 g/mol. The molecule has 0 aliphatic carbocycles. The molecule has 0 aliphatic heterocycles. The summed E-state index contributed by atoms with van der Waals surface area (Å²) in [7, 11) is 0. The van der Waals surface area contributed by atoms with E-state index in [9.17, 15) is 13.2 Å². The molecule has 2 aromatic carbocycles. The van der Waals surface area contributed by atoms with Crippen LogP contribution in [0.25, 0.3) is 0 Å². The minimum absolute atomic E-state index is 0.221. The Labute approximate surface area is 122 Å². The van der Waals surface area contributed by atoms with Crippen molar-refractivity contribution in [1.82, 2.24) is 0 Å². The first kappa shape index (κ1) is 15.6. The number of benzene rings is 2. The van der Waals surface area contributed by atoms with Gasteiger partial charge >= 0.3 is 6.18 Å². The molecule has 0 fully saturated rings. The van der Waals surface area contributed by atoms with E-state index in [-0.39, 0.29) is 6.04 Å². The van der Waals surface area contributed by atoms with E-state index in [0.29, 0.717) is 6.42 Å². The second kappa shape index (κ2) is 5.90. The van der Waals surface area contributed by atoms with Gasteiger partial charge in [-0.25, -0.2) is 0 Å². The average molecular weight is 293 g/mol. The lowest BCUT2D eigenvalue weighted by molar-refractivity contribution is -0.137. The van der Waals surface area contributed by atoms with E-state index in [2.05, 4.69) is 0 Å². The van der Waals surface area contributed by atoms with Gasteiger partial charge in [0.05, 0.1) is 5.56 Å². The number of alkyl halides is 3. The molecular weight excluding hydrogens is 275 g/mol. The summed E-state index contributed by atoms with van der Waals surface area (Å²) in [5, 5.41) is 0. The van der Waals surface area contributed by atoms with Crippen LogP contribution < -0.4 is 5.73 Å². The predicted molar refractivity (Wildman–Crippen MR) is 78.0 cm³/mol. The Morgan fingerprint density at radius 1 is 1.00 bits per heavy atom. The zero-order valence-corrected chi connectivity index (χ0v) is 12.0. The third-order valence-corrected chi connectivity index (χ3v) is 3.57. The summed E-state index contributed by atoms with van der Waals surface area (Å²) in [4.78, 5) is 0. The second-order valence-electron chi connectivity index (χ2n) is 5.37. The van der Waals surface area contributed by atoms with Crippen molar-refractivity contribution in [2.45, 2.75) is 32.5 Å². The molecule has 1 unspecified atom stereocenters. The lowest BCUT2D eigenvalue weighted by Gasteiger charge is -2.16. The van der Waals surface area contributed by atoms with Crippen LogP contribution in [-0.4, -0.2) is 0 Å². The van der Waals surface area contributed by atoms with Crippen LogP contribution in [0.4, 0.5) is 13.2 Å². The first-order valence-corrected chi connectivity index (χ1v) is 6.76. The largest absolute Gasteiger partial charge is 0.416 e. The average Bonchev–Trinajstić information content (AvgIpc) is 2.41. The van der Waals surface area contributed by atoms with Crippen molar-refractivity contribution >= 4 is 0 Å².